The summed E-state index contributed by atoms with van der Waals surface area (Å²) in [6.07, 6.45) is 0. The van der Waals surface area contributed by atoms with Gasteiger partial charge in [-0.2, -0.15) is 0 Å². The van der Waals surface area contributed by atoms with Crippen LogP contribution in [0.25, 0.3) is 0 Å². The Morgan fingerprint density at radius 2 is 2.00 bits per heavy atom. The van der Waals surface area contributed by atoms with Crippen LogP contribution < -0.4 is 10.6 Å². The van der Waals surface area contributed by atoms with E-state index in [9.17, 15) is 4.79 Å². The lowest BCUT2D eigenvalue weighted by Crippen LogP contribution is -2.30. The molecule has 0 bridgehead atoms. The highest BCUT2D eigenvalue weighted by Crippen LogP contribution is 2.16. The molecule has 13 heavy (non-hydrogen) atoms. The lowest BCUT2D eigenvalue weighted by molar-refractivity contribution is -0.116. The summed E-state index contributed by atoms with van der Waals surface area (Å²) in [5.41, 5.74) is 6.04. The smallest absolute Gasteiger partial charge is 0.236 e. The van der Waals surface area contributed by atoms with Crippen molar-refractivity contribution < 1.29 is 4.79 Å². The van der Waals surface area contributed by atoms with Gasteiger partial charge in [-0.25, -0.2) is 0 Å². The third-order valence-corrected chi connectivity index (χ3v) is 2.19. The molecule has 0 aliphatic rings. The van der Waals surface area contributed by atoms with E-state index in [0.29, 0.717) is 0 Å². The Kier molecular flexibility index (Phi) is 3.31. The quantitative estimate of drug-likeness (QED) is 0.871. The molecular weight excluding hydrogens is 232 g/mol. The number of benzene rings is 1. The fourth-order valence-corrected chi connectivity index (χ4v) is 1.28. The zero-order valence-electron chi connectivity index (χ0n) is 7.33. The van der Waals surface area contributed by atoms with Gasteiger partial charge >= 0.3 is 0 Å². The van der Waals surface area contributed by atoms with E-state index in [4.69, 9.17) is 5.73 Å². The van der Waals surface area contributed by atoms with E-state index in [-0.39, 0.29) is 12.5 Å². The van der Waals surface area contributed by atoms with E-state index in [1.807, 2.05) is 31.3 Å². The van der Waals surface area contributed by atoms with Gasteiger partial charge in [0.15, 0.2) is 0 Å². The Bertz CT molecular complexity index is 297. The zero-order valence-corrected chi connectivity index (χ0v) is 8.91. The minimum Gasteiger partial charge on any atom is -0.368 e. The van der Waals surface area contributed by atoms with Gasteiger partial charge < -0.3 is 10.6 Å². The van der Waals surface area contributed by atoms with Gasteiger partial charge in [0.2, 0.25) is 5.91 Å². The first-order valence-corrected chi connectivity index (χ1v) is 4.64. The average Bonchev–Trinajstić information content (AvgIpc) is 2.04. The zero-order chi connectivity index (χ0) is 9.84. The number of carbonyl (C=O) groups excluding carboxylic acids is 1. The van der Waals surface area contributed by atoms with Crippen LogP contribution in [0.1, 0.15) is 0 Å². The normalized spacial score (nSPS) is 9.69. The van der Waals surface area contributed by atoms with E-state index in [2.05, 4.69) is 15.9 Å². The average molecular weight is 243 g/mol. The number of rotatable bonds is 3. The van der Waals surface area contributed by atoms with E-state index >= 15 is 0 Å². The number of likely N-dealkylation sites (N-methyl/N-ethyl adjacent to an activating group) is 1. The summed E-state index contributed by atoms with van der Waals surface area (Å²) < 4.78 is 1.02. The number of halogens is 1. The summed E-state index contributed by atoms with van der Waals surface area (Å²) in [6, 6.07) is 7.69. The summed E-state index contributed by atoms with van der Waals surface area (Å²) in [6.45, 7) is 0.238. The molecule has 1 rings (SSSR count). The van der Waals surface area contributed by atoms with E-state index in [1.54, 1.807) is 4.90 Å². The van der Waals surface area contributed by atoms with Crippen LogP contribution in [0.5, 0.6) is 0 Å². The highest BCUT2D eigenvalue weighted by Gasteiger charge is 2.02. The third kappa shape index (κ3) is 3.06. The molecule has 0 unspecified atom stereocenters. The molecular formula is C9H11BrN2O. The number of primary amides is 1. The second kappa shape index (κ2) is 4.28. The van der Waals surface area contributed by atoms with Crippen LogP contribution in [0.2, 0.25) is 0 Å². The maximum Gasteiger partial charge on any atom is 0.236 e. The number of amides is 1. The summed E-state index contributed by atoms with van der Waals surface area (Å²) in [5, 5.41) is 0. The molecule has 1 aromatic carbocycles. The molecule has 3 nitrogen and oxygen atoms in total. The van der Waals surface area contributed by atoms with Crippen LogP contribution in [0, 0.1) is 0 Å². The lowest BCUT2D eigenvalue weighted by Gasteiger charge is -2.16. The molecule has 0 aliphatic carbocycles. The molecule has 0 spiro atoms. The molecule has 0 radical (unpaired) electrons. The van der Waals surface area contributed by atoms with Crippen molar-refractivity contribution in [3.05, 3.63) is 28.7 Å². The molecule has 0 aromatic heterocycles. The first-order valence-electron chi connectivity index (χ1n) is 3.84. The standard InChI is InChI=1S/C9H11BrN2O/c1-12(6-9(11)13)8-4-2-7(10)3-5-8/h2-5H,6H2,1H3,(H2,11,13). The van der Waals surface area contributed by atoms with Crippen molar-refractivity contribution in [1.29, 1.82) is 0 Å². The van der Waals surface area contributed by atoms with E-state index in [1.165, 1.54) is 0 Å². The van der Waals surface area contributed by atoms with Crippen molar-refractivity contribution in [3.63, 3.8) is 0 Å². The van der Waals surface area contributed by atoms with Crippen molar-refractivity contribution in [3.8, 4) is 0 Å². The predicted molar refractivity (Wildman–Crippen MR) is 56.6 cm³/mol. The molecule has 1 amide bonds. The van der Waals surface area contributed by atoms with Gasteiger partial charge in [-0.05, 0) is 24.3 Å². The number of hydrogen-bond acceptors (Lipinski definition) is 2. The van der Waals surface area contributed by atoms with Gasteiger partial charge in [0.05, 0.1) is 6.54 Å². The van der Waals surface area contributed by atoms with Crippen LogP contribution in [0.4, 0.5) is 5.69 Å². The van der Waals surface area contributed by atoms with Crippen LogP contribution >= 0.6 is 15.9 Å². The molecule has 0 saturated heterocycles. The van der Waals surface area contributed by atoms with E-state index in [0.717, 1.165) is 10.2 Å². The number of nitrogens with two attached hydrogens (primary N) is 1. The molecule has 0 aliphatic heterocycles. The van der Waals surface area contributed by atoms with Crippen molar-refractivity contribution in [2.75, 3.05) is 18.5 Å². The topological polar surface area (TPSA) is 46.3 Å². The monoisotopic (exact) mass is 242 g/mol. The minimum absolute atomic E-state index is 0.238. The molecule has 4 heteroatoms. The van der Waals surface area contributed by atoms with Gasteiger partial charge in [-0.15, -0.1) is 0 Å². The summed E-state index contributed by atoms with van der Waals surface area (Å²) in [4.78, 5) is 12.4. The summed E-state index contributed by atoms with van der Waals surface area (Å²) in [7, 11) is 1.83. The summed E-state index contributed by atoms with van der Waals surface area (Å²) >= 11 is 3.34. The summed E-state index contributed by atoms with van der Waals surface area (Å²) in [5.74, 6) is -0.328. The third-order valence-electron chi connectivity index (χ3n) is 1.66. The van der Waals surface area contributed by atoms with Crippen LogP contribution in [-0.4, -0.2) is 19.5 Å². The molecule has 0 heterocycles. The molecule has 2 N–H and O–H groups in total. The SMILES string of the molecule is CN(CC(N)=O)c1ccc(Br)cc1. The van der Waals surface area contributed by atoms with Crippen molar-refractivity contribution in [1.82, 2.24) is 0 Å². The number of anilines is 1. The van der Waals surface area contributed by atoms with Gasteiger partial charge in [0.1, 0.15) is 0 Å². The van der Waals surface area contributed by atoms with Gasteiger partial charge in [-0.3, -0.25) is 4.79 Å². The number of nitrogens with zero attached hydrogens (tertiary/aromatic N) is 1. The molecule has 70 valence electrons. The molecule has 0 fully saturated rings. The van der Waals surface area contributed by atoms with Crippen molar-refractivity contribution in [2.45, 2.75) is 0 Å². The molecule has 1 aromatic rings. The second-order valence-corrected chi connectivity index (χ2v) is 3.71. The first kappa shape index (κ1) is 10.1. The Morgan fingerprint density at radius 1 is 1.46 bits per heavy atom. The lowest BCUT2D eigenvalue weighted by atomic mass is 10.3. The Hall–Kier alpha value is -1.03. The molecule has 0 saturated carbocycles. The highest BCUT2D eigenvalue weighted by atomic mass is 79.9. The number of carbonyl (C=O) groups is 1. The second-order valence-electron chi connectivity index (χ2n) is 2.80. The highest BCUT2D eigenvalue weighted by molar-refractivity contribution is 9.10. The minimum atomic E-state index is -0.328. The van der Waals surface area contributed by atoms with Gasteiger partial charge in [-0.1, -0.05) is 15.9 Å². The van der Waals surface area contributed by atoms with Crippen molar-refractivity contribution >= 4 is 27.5 Å². The predicted octanol–water partition coefficient (Wildman–Crippen LogP) is 1.37. The Morgan fingerprint density at radius 3 is 2.46 bits per heavy atom. The fourth-order valence-electron chi connectivity index (χ4n) is 1.02. The Labute approximate surface area is 85.7 Å². The maximum atomic E-state index is 10.6. The largest absolute Gasteiger partial charge is 0.368 e. The van der Waals surface area contributed by atoms with E-state index < -0.39 is 0 Å². The van der Waals surface area contributed by atoms with Crippen LogP contribution in [0.15, 0.2) is 28.7 Å². The Balaban J connectivity index is 2.71. The van der Waals surface area contributed by atoms with Gasteiger partial charge in [0.25, 0.3) is 0 Å². The number of hydrogen-bond donors (Lipinski definition) is 1. The fraction of sp³-hybridized carbons (Fsp3) is 0.222. The van der Waals surface area contributed by atoms with Crippen LogP contribution in [0.3, 0.4) is 0 Å². The maximum absolute atomic E-state index is 10.6. The first-order chi connectivity index (χ1) is 6.09. The van der Waals surface area contributed by atoms with Crippen LogP contribution in [-0.2, 0) is 4.79 Å². The van der Waals surface area contributed by atoms with Crippen molar-refractivity contribution in [2.24, 2.45) is 5.73 Å². The van der Waals surface area contributed by atoms with Gasteiger partial charge in [0, 0.05) is 17.2 Å². The molecule has 0 atom stereocenters.